The van der Waals surface area contributed by atoms with Crippen LogP contribution in [-0.4, -0.2) is 303 Å². The molecule has 9 aliphatic rings. The van der Waals surface area contributed by atoms with Crippen LogP contribution < -0.4 is 0 Å². The van der Waals surface area contributed by atoms with Crippen LogP contribution >= 0.6 is 0 Å². The maximum atomic E-state index is 15.5. The molecule has 4 aliphatic carbocycles. The van der Waals surface area contributed by atoms with E-state index in [1.165, 1.54) is 13.8 Å². The molecule has 5 heterocycles. The summed E-state index contributed by atoms with van der Waals surface area (Å²) in [6, 6.07) is 0. The SMILES string of the molecule is CC(CCC(OC1OC(COC2OC(CO)C(C)C(O)C2O)C(O)C(O)C1OC1OC(CO)C(O)C(O)C1O)C(C)(C)O)C1CCC2(C)C3CC=C4C(CCC(OC5OC(COC6OC(CO)C(O)C(O)C6O)C(O)C(O)C5O)C4(C)C)C3(CO)C(=O)CC12C. The second kappa shape index (κ2) is 28.0. The first-order valence-electron chi connectivity index (χ1n) is 31.9. The number of aliphatic hydroxyl groups excluding tert-OH is 17. The number of hydrogen-bond donors (Lipinski definition) is 18. The van der Waals surface area contributed by atoms with Gasteiger partial charge in [-0.15, -0.1) is 0 Å². The van der Waals surface area contributed by atoms with Crippen molar-refractivity contribution in [2.24, 2.45) is 51.2 Å². The summed E-state index contributed by atoms with van der Waals surface area (Å²) in [5.74, 6) is -1.63. The Morgan fingerprint density at radius 2 is 1.04 bits per heavy atom. The van der Waals surface area contributed by atoms with Gasteiger partial charge < -0.3 is 139 Å². The molecule has 0 spiro atoms. The fourth-order valence-corrected chi connectivity index (χ4v) is 17.0. The minimum Gasteiger partial charge on any atom is -0.395 e. The van der Waals surface area contributed by atoms with Crippen molar-refractivity contribution in [3.8, 4) is 0 Å². The number of rotatable bonds is 21. The zero-order valence-corrected chi connectivity index (χ0v) is 52.4. The van der Waals surface area contributed by atoms with Crippen molar-refractivity contribution in [1.29, 1.82) is 0 Å². The number of ether oxygens (including phenoxy) is 10. The van der Waals surface area contributed by atoms with E-state index < -0.39 is 238 Å². The third-order valence-corrected chi connectivity index (χ3v) is 23.0. The molecule has 0 aromatic carbocycles. The molecule has 520 valence electrons. The summed E-state index contributed by atoms with van der Waals surface area (Å²) in [5.41, 5.74) is -3.84. The van der Waals surface area contributed by atoms with Crippen LogP contribution in [0.15, 0.2) is 11.6 Å². The normalized spacial score (nSPS) is 50.5. The van der Waals surface area contributed by atoms with Crippen molar-refractivity contribution in [2.75, 3.05) is 39.6 Å². The number of carbonyl (C=O) groups excluding carboxylic acids is 1. The minimum atomic E-state index is -1.95. The lowest BCUT2D eigenvalue weighted by molar-refractivity contribution is -0.380. The molecule has 0 aromatic rings. The molecule has 34 unspecified atom stereocenters. The van der Waals surface area contributed by atoms with Crippen molar-refractivity contribution in [2.45, 2.75) is 272 Å². The molecule has 34 atom stereocenters. The van der Waals surface area contributed by atoms with Crippen molar-refractivity contribution in [1.82, 2.24) is 0 Å². The third kappa shape index (κ3) is 12.9. The number of hydrogen-bond acceptors (Lipinski definition) is 29. The second-order valence-electron chi connectivity index (χ2n) is 28.8. The van der Waals surface area contributed by atoms with Crippen molar-refractivity contribution >= 4 is 5.78 Å². The summed E-state index contributed by atoms with van der Waals surface area (Å²) in [5, 5.41) is 194. The molecule has 0 aromatic heterocycles. The molecule has 8 fully saturated rings. The quantitative estimate of drug-likeness (QED) is 0.0479. The molecular weight excluding hydrogens is 1200 g/mol. The zero-order chi connectivity index (χ0) is 66.2. The van der Waals surface area contributed by atoms with Crippen molar-refractivity contribution in [3.63, 3.8) is 0 Å². The highest BCUT2D eigenvalue weighted by Gasteiger charge is 2.72. The van der Waals surface area contributed by atoms with Crippen molar-refractivity contribution < 1.29 is 144 Å². The lowest BCUT2D eigenvalue weighted by atomic mass is 9.38. The molecule has 5 saturated heterocycles. The van der Waals surface area contributed by atoms with E-state index in [2.05, 4.69) is 26.8 Å². The number of Topliss-reactive ketones (excluding diaryl/α,β-unsaturated/α-hetero) is 1. The van der Waals surface area contributed by atoms with E-state index in [1.807, 2.05) is 13.8 Å². The van der Waals surface area contributed by atoms with E-state index in [4.69, 9.17) is 47.4 Å². The van der Waals surface area contributed by atoms with E-state index in [0.717, 1.165) is 18.4 Å². The number of allylic oxidation sites excluding steroid dienone is 1. The zero-order valence-electron chi connectivity index (χ0n) is 52.4. The maximum absolute atomic E-state index is 15.5. The molecule has 5 aliphatic heterocycles. The number of carbonyl (C=O) groups is 1. The van der Waals surface area contributed by atoms with E-state index >= 15 is 4.79 Å². The standard InChI is InChI=1S/C61H102O29/c1-24(9-13-37(58(5,6)80)89-56-51(90-55-50(79)44(73)40(69)31(20-64)85-55)46(75)42(71)33(87-56)22-81-52-47(76)38(67)25(2)29(18-62)83-52)26-15-16-59(7)34-12-10-27-28(61(34,23-65)35(66)17-60(26,59)8)11-14-36(57(27,3)4)88-54-49(78)45(74)41(70)32(86-54)21-82-53-48(77)43(72)39(68)30(19-63)84-53/h10,24-26,28-34,36-56,62-65,67-80H,9,11-23H2,1-8H3. The van der Waals surface area contributed by atoms with Gasteiger partial charge in [-0.1, -0.05) is 53.2 Å². The van der Waals surface area contributed by atoms with Crippen molar-refractivity contribution in [3.05, 3.63) is 11.6 Å². The van der Waals surface area contributed by atoms with Gasteiger partial charge in [0.15, 0.2) is 31.5 Å². The van der Waals surface area contributed by atoms with Crippen LogP contribution in [0.4, 0.5) is 0 Å². The molecule has 3 saturated carbocycles. The Labute approximate surface area is 522 Å². The van der Waals surface area contributed by atoms with Gasteiger partial charge in [0, 0.05) is 17.8 Å². The van der Waals surface area contributed by atoms with Gasteiger partial charge in [0.2, 0.25) is 0 Å². The van der Waals surface area contributed by atoms with E-state index in [9.17, 15) is 91.9 Å². The fraction of sp³-hybridized carbons (Fsp3) is 0.951. The molecule has 0 amide bonds. The number of ketones is 1. The van der Waals surface area contributed by atoms with Crippen LogP contribution in [0.1, 0.15) is 107 Å². The first-order valence-corrected chi connectivity index (χ1v) is 31.9. The molecule has 18 N–H and O–H groups in total. The van der Waals surface area contributed by atoms with Gasteiger partial charge in [-0.05, 0) is 93.3 Å². The average molecular weight is 1300 g/mol. The first-order chi connectivity index (χ1) is 42.2. The van der Waals surface area contributed by atoms with Crippen LogP contribution in [0.3, 0.4) is 0 Å². The van der Waals surface area contributed by atoms with Crippen LogP contribution in [0, 0.1) is 51.2 Å². The van der Waals surface area contributed by atoms with Gasteiger partial charge in [0.05, 0.1) is 75.1 Å². The minimum absolute atomic E-state index is 0.0604. The summed E-state index contributed by atoms with van der Waals surface area (Å²) < 4.78 is 59.6. The topological polar surface area (TPSA) is 474 Å². The monoisotopic (exact) mass is 1300 g/mol. The fourth-order valence-electron chi connectivity index (χ4n) is 17.0. The van der Waals surface area contributed by atoms with Crippen LogP contribution in [0.25, 0.3) is 0 Å². The molecule has 0 bridgehead atoms. The Morgan fingerprint density at radius 3 is 1.59 bits per heavy atom. The largest absolute Gasteiger partial charge is 0.395 e. The number of fused-ring (bicyclic) bond motifs is 5. The van der Waals surface area contributed by atoms with Crippen LogP contribution in [0.5, 0.6) is 0 Å². The van der Waals surface area contributed by atoms with Gasteiger partial charge in [0.1, 0.15) is 110 Å². The average Bonchev–Trinajstić information content (AvgIpc) is 1.28. The predicted molar refractivity (Wildman–Crippen MR) is 304 cm³/mol. The molecule has 29 nitrogen and oxygen atoms in total. The highest BCUT2D eigenvalue weighted by Crippen LogP contribution is 2.74. The Kier molecular flexibility index (Phi) is 22.6. The summed E-state index contributed by atoms with van der Waals surface area (Å²) in [6.07, 6.45) is -35.4. The predicted octanol–water partition coefficient (Wildman–Crippen LogP) is -4.95. The molecule has 0 radical (unpaired) electrons. The summed E-state index contributed by atoms with van der Waals surface area (Å²) >= 11 is 0. The van der Waals surface area contributed by atoms with Gasteiger partial charge in [-0.2, -0.15) is 0 Å². The molecule has 90 heavy (non-hydrogen) atoms. The van der Waals surface area contributed by atoms with Gasteiger partial charge in [-0.25, -0.2) is 0 Å². The first kappa shape index (κ1) is 72.6. The lowest BCUT2D eigenvalue weighted by Crippen LogP contribution is -2.66. The second-order valence-corrected chi connectivity index (χ2v) is 28.8. The molecule has 9 rings (SSSR count). The molecule has 29 heteroatoms. The summed E-state index contributed by atoms with van der Waals surface area (Å²) in [6.45, 7) is 11.3. The summed E-state index contributed by atoms with van der Waals surface area (Å²) in [7, 11) is 0. The maximum Gasteiger partial charge on any atom is 0.187 e. The Bertz CT molecular complexity index is 2410. The Morgan fingerprint density at radius 1 is 0.567 bits per heavy atom. The van der Waals surface area contributed by atoms with E-state index in [1.54, 1.807) is 6.92 Å². The summed E-state index contributed by atoms with van der Waals surface area (Å²) in [4.78, 5) is 15.5. The highest BCUT2D eigenvalue weighted by molar-refractivity contribution is 5.89. The Hall–Kier alpha value is -1.71. The van der Waals surface area contributed by atoms with Gasteiger partial charge in [-0.3, -0.25) is 4.79 Å². The van der Waals surface area contributed by atoms with Crippen LogP contribution in [-0.2, 0) is 52.2 Å². The number of aliphatic hydroxyl groups is 18. The van der Waals surface area contributed by atoms with E-state index in [-0.39, 0.29) is 36.4 Å². The van der Waals surface area contributed by atoms with Gasteiger partial charge >= 0.3 is 0 Å². The lowest BCUT2D eigenvalue weighted by Gasteiger charge is -2.65. The van der Waals surface area contributed by atoms with E-state index in [0.29, 0.717) is 25.7 Å². The third-order valence-electron chi connectivity index (χ3n) is 23.0. The highest BCUT2D eigenvalue weighted by atomic mass is 16.8. The smallest absolute Gasteiger partial charge is 0.187 e. The van der Waals surface area contributed by atoms with Crippen LogP contribution in [0.2, 0.25) is 0 Å². The van der Waals surface area contributed by atoms with Gasteiger partial charge in [0.25, 0.3) is 0 Å². The molecular formula is C61H102O29. The Balaban J connectivity index is 0.894.